The molecule has 0 saturated heterocycles. The molecular formula is C64H46N8. The maximum Gasteiger partial charge on any atom is 0.0963 e. The van der Waals surface area contributed by atoms with Crippen LogP contribution in [0.15, 0.2) is 207 Å². The van der Waals surface area contributed by atoms with E-state index in [1.54, 1.807) is 0 Å². The van der Waals surface area contributed by atoms with Gasteiger partial charge in [-0.3, -0.25) is 29.9 Å². The van der Waals surface area contributed by atoms with Gasteiger partial charge in [0.1, 0.15) is 0 Å². The van der Waals surface area contributed by atoms with Gasteiger partial charge in [0.15, 0.2) is 0 Å². The molecule has 0 aliphatic carbocycles. The average molecular weight is 927 g/mol. The molecule has 8 aromatic heterocycles. The molecule has 72 heavy (non-hydrogen) atoms. The fourth-order valence-corrected chi connectivity index (χ4v) is 10.2. The summed E-state index contributed by atoms with van der Waals surface area (Å²) in [5.41, 5.74) is 25.2. The molecule has 13 rings (SSSR count). The highest BCUT2D eigenvalue weighted by Crippen LogP contribution is 2.40. The SMILES string of the molecule is Cc1ccc(-c2cc(-c3ccc(C)nc3)cc(-c3ccc4c(c3)c3ncccc3n4-c3cccc(-n4c5ccc(-c6cc(-c7ccc(C)nc7)cc(-c7ccc(C)nc7)c6)cc5c5ncccc54)c3)c2)cn1. The number of hydrogen-bond acceptors (Lipinski definition) is 6. The van der Waals surface area contributed by atoms with Gasteiger partial charge < -0.3 is 9.13 Å². The van der Waals surface area contributed by atoms with Crippen LogP contribution in [0.3, 0.4) is 0 Å². The lowest BCUT2D eigenvalue weighted by atomic mass is 9.93. The van der Waals surface area contributed by atoms with Crippen molar-refractivity contribution in [3.05, 3.63) is 230 Å². The summed E-state index contributed by atoms with van der Waals surface area (Å²) in [6, 6.07) is 61.1. The summed E-state index contributed by atoms with van der Waals surface area (Å²) in [5, 5.41) is 2.15. The van der Waals surface area contributed by atoms with E-state index >= 15 is 0 Å². The molecule has 5 aromatic carbocycles. The molecule has 0 amide bonds. The Labute approximate surface area is 416 Å². The van der Waals surface area contributed by atoms with E-state index in [1.807, 2.05) is 77.0 Å². The van der Waals surface area contributed by atoms with Gasteiger partial charge in [-0.05, 0) is 200 Å². The molecule has 8 heterocycles. The number of pyridine rings is 6. The van der Waals surface area contributed by atoms with Gasteiger partial charge >= 0.3 is 0 Å². The van der Waals surface area contributed by atoms with Gasteiger partial charge in [-0.2, -0.15) is 0 Å². The minimum absolute atomic E-state index is 0.944. The third-order valence-electron chi connectivity index (χ3n) is 13.9. The van der Waals surface area contributed by atoms with E-state index in [1.165, 1.54) is 0 Å². The van der Waals surface area contributed by atoms with E-state index in [4.69, 9.17) is 9.97 Å². The molecule has 13 aromatic rings. The number of nitrogens with zero attached hydrogens (tertiary/aromatic N) is 8. The summed E-state index contributed by atoms with van der Waals surface area (Å²) in [6.07, 6.45) is 11.6. The summed E-state index contributed by atoms with van der Waals surface area (Å²) in [5.74, 6) is 0. The lowest BCUT2D eigenvalue weighted by molar-refractivity contribution is 1.13. The Kier molecular flexibility index (Phi) is 10.2. The predicted molar refractivity (Wildman–Crippen MR) is 293 cm³/mol. The smallest absolute Gasteiger partial charge is 0.0963 e. The second-order valence-corrected chi connectivity index (χ2v) is 18.7. The van der Waals surface area contributed by atoms with Crippen LogP contribution in [0.25, 0.3) is 122 Å². The predicted octanol–water partition coefficient (Wildman–Crippen LogP) is 15.5. The molecule has 0 atom stereocenters. The molecule has 0 aliphatic rings. The first-order chi connectivity index (χ1) is 35.3. The molecule has 8 nitrogen and oxygen atoms in total. The summed E-state index contributed by atoms with van der Waals surface area (Å²) in [6.45, 7) is 8.07. The normalized spacial score (nSPS) is 11.6. The highest BCUT2D eigenvalue weighted by Gasteiger charge is 2.19. The third kappa shape index (κ3) is 7.57. The zero-order valence-corrected chi connectivity index (χ0v) is 40.2. The van der Waals surface area contributed by atoms with Gasteiger partial charge in [0.05, 0.1) is 33.1 Å². The highest BCUT2D eigenvalue weighted by molar-refractivity contribution is 6.10. The van der Waals surface area contributed by atoms with E-state index in [2.05, 4.69) is 187 Å². The van der Waals surface area contributed by atoms with Gasteiger partial charge in [0, 0.05) is 104 Å². The lowest BCUT2D eigenvalue weighted by Gasteiger charge is -2.14. The van der Waals surface area contributed by atoms with Crippen LogP contribution >= 0.6 is 0 Å². The van der Waals surface area contributed by atoms with Crippen molar-refractivity contribution in [1.82, 2.24) is 39.0 Å². The molecule has 0 unspecified atom stereocenters. The standard InChI is InChI=1S/C64H46N8/c1-39-12-16-45(35-67-39)51-26-49(27-52(30-51)46-17-13-40(2)68-36-46)43-20-22-59-57(32-43)63-61(10-6-24-65-63)71(59)55-8-5-9-56(34-55)72-60-23-21-44(33-58(60)64-62(72)11-7-25-66-64)50-28-53(47-18-14-41(3)69-37-47)31-54(29-50)48-19-15-42(4)70-38-48/h5-38H,1-4H3. The van der Waals surface area contributed by atoms with Crippen molar-refractivity contribution in [2.75, 3.05) is 0 Å². The van der Waals surface area contributed by atoms with Crippen molar-refractivity contribution >= 4 is 43.9 Å². The van der Waals surface area contributed by atoms with Crippen molar-refractivity contribution in [1.29, 1.82) is 0 Å². The van der Waals surface area contributed by atoms with Crippen LogP contribution in [0, 0.1) is 27.7 Å². The van der Waals surface area contributed by atoms with Crippen LogP contribution in [-0.2, 0) is 0 Å². The second-order valence-electron chi connectivity index (χ2n) is 18.7. The van der Waals surface area contributed by atoms with Crippen molar-refractivity contribution in [3.63, 3.8) is 0 Å². The van der Waals surface area contributed by atoms with Gasteiger partial charge in [-0.25, -0.2) is 0 Å². The highest BCUT2D eigenvalue weighted by atomic mass is 15.0. The first kappa shape index (κ1) is 42.7. The van der Waals surface area contributed by atoms with Crippen LogP contribution in [0.2, 0.25) is 0 Å². The number of aryl methyl sites for hydroxylation is 4. The Morgan fingerprint density at radius 2 is 0.597 bits per heavy atom. The molecule has 0 aliphatic heterocycles. The van der Waals surface area contributed by atoms with Gasteiger partial charge in [-0.1, -0.05) is 42.5 Å². The molecule has 0 spiro atoms. The van der Waals surface area contributed by atoms with E-state index in [-0.39, 0.29) is 0 Å². The number of hydrogen-bond donors (Lipinski definition) is 0. The summed E-state index contributed by atoms with van der Waals surface area (Å²) in [7, 11) is 0. The van der Waals surface area contributed by atoms with Gasteiger partial charge in [0.25, 0.3) is 0 Å². The van der Waals surface area contributed by atoms with Crippen LogP contribution in [0.5, 0.6) is 0 Å². The van der Waals surface area contributed by atoms with E-state index in [9.17, 15) is 0 Å². The Balaban J connectivity index is 0.929. The first-order valence-electron chi connectivity index (χ1n) is 24.2. The van der Waals surface area contributed by atoms with Crippen LogP contribution in [0.4, 0.5) is 0 Å². The fraction of sp³-hybridized carbons (Fsp3) is 0.0625. The van der Waals surface area contributed by atoms with Crippen molar-refractivity contribution in [2.24, 2.45) is 0 Å². The topological polar surface area (TPSA) is 87.2 Å². The monoisotopic (exact) mass is 926 g/mol. The van der Waals surface area contributed by atoms with Crippen LogP contribution in [-0.4, -0.2) is 39.0 Å². The van der Waals surface area contributed by atoms with Gasteiger partial charge in [0.2, 0.25) is 0 Å². The van der Waals surface area contributed by atoms with E-state index in [0.717, 1.165) is 145 Å². The van der Waals surface area contributed by atoms with Crippen molar-refractivity contribution in [2.45, 2.75) is 27.7 Å². The molecular weight excluding hydrogens is 881 g/mol. The Hall–Kier alpha value is -9.40. The van der Waals surface area contributed by atoms with Crippen LogP contribution < -0.4 is 0 Å². The molecule has 0 radical (unpaired) electrons. The minimum Gasteiger partial charge on any atom is -0.308 e. The average Bonchev–Trinajstić information content (AvgIpc) is 3.94. The van der Waals surface area contributed by atoms with Gasteiger partial charge in [-0.15, -0.1) is 0 Å². The second kappa shape index (κ2) is 17.2. The van der Waals surface area contributed by atoms with Crippen LogP contribution in [0.1, 0.15) is 22.8 Å². The lowest BCUT2D eigenvalue weighted by Crippen LogP contribution is -1.98. The maximum absolute atomic E-state index is 5.02. The maximum atomic E-state index is 5.02. The number of fused-ring (bicyclic) bond motifs is 6. The number of benzene rings is 5. The Morgan fingerprint density at radius 1 is 0.264 bits per heavy atom. The molecule has 8 heteroatoms. The minimum atomic E-state index is 0.944. The molecule has 0 bridgehead atoms. The van der Waals surface area contributed by atoms with Crippen molar-refractivity contribution < 1.29 is 0 Å². The van der Waals surface area contributed by atoms with Crippen molar-refractivity contribution in [3.8, 4) is 78.1 Å². The fourth-order valence-electron chi connectivity index (χ4n) is 10.2. The number of aromatic nitrogens is 8. The Morgan fingerprint density at radius 3 is 0.931 bits per heavy atom. The zero-order valence-electron chi connectivity index (χ0n) is 40.2. The summed E-state index contributed by atoms with van der Waals surface area (Å²) in [4.78, 5) is 28.6. The molecule has 0 N–H and O–H groups in total. The Bertz CT molecular complexity index is 3830. The number of rotatable bonds is 8. The quantitative estimate of drug-likeness (QED) is 0.151. The zero-order chi connectivity index (χ0) is 48.5. The molecule has 342 valence electrons. The van der Waals surface area contributed by atoms with E-state index < -0.39 is 0 Å². The molecule has 0 fully saturated rings. The first-order valence-corrected chi connectivity index (χ1v) is 24.2. The summed E-state index contributed by atoms with van der Waals surface area (Å²) < 4.78 is 4.68. The van der Waals surface area contributed by atoms with E-state index in [0.29, 0.717) is 0 Å². The molecule has 0 saturated carbocycles. The summed E-state index contributed by atoms with van der Waals surface area (Å²) >= 11 is 0. The third-order valence-corrected chi connectivity index (χ3v) is 13.9. The largest absolute Gasteiger partial charge is 0.308 e.